The third kappa shape index (κ3) is 3.06. The molecule has 0 saturated heterocycles. The van der Waals surface area contributed by atoms with E-state index in [-0.39, 0.29) is 5.82 Å². The molecule has 1 nitrogen and oxygen atoms in total. The van der Waals surface area contributed by atoms with Crippen LogP contribution in [0.25, 0.3) is 0 Å². The quantitative estimate of drug-likeness (QED) is 0.772. The van der Waals surface area contributed by atoms with Crippen LogP contribution in [0, 0.1) is 5.82 Å². The van der Waals surface area contributed by atoms with E-state index in [9.17, 15) is 4.39 Å². The molecule has 0 unspecified atom stereocenters. The number of hydrogen-bond donors (Lipinski definition) is 0. The molecule has 0 radical (unpaired) electrons. The van der Waals surface area contributed by atoms with Crippen molar-refractivity contribution in [3.63, 3.8) is 0 Å². The van der Waals surface area contributed by atoms with Gasteiger partial charge in [0, 0.05) is 0 Å². The highest BCUT2D eigenvalue weighted by Crippen LogP contribution is 2.16. The SMILES string of the molecule is CCc1cc(F)ccc1COc1ccccc1. The molecule has 17 heavy (non-hydrogen) atoms. The summed E-state index contributed by atoms with van der Waals surface area (Å²) in [5.41, 5.74) is 2.04. The Kier molecular flexibility index (Phi) is 3.76. The van der Waals surface area contributed by atoms with Crippen LogP contribution < -0.4 is 4.74 Å². The first-order valence-electron chi connectivity index (χ1n) is 5.74. The predicted octanol–water partition coefficient (Wildman–Crippen LogP) is 3.97. The van der Waals surface area contributed by atoms with Gasteiger partial charge >= 0.3 is 0 Å². The van der Waals surface area contributed by atoms with E-state index in [1.807, 2.05) is 37.3 Å². The van der Waals surface area contributed by atoms with Crippen LogP contribution in [0.3, 0.4) is 0 Å². The zero-order chi connectivity index (χ0) is 12.1. The Bertz CT molecular complexity index is 480. The van der Waals surface area contributed by atoms with Gasteiger partial charge in [-0.3, -0.25) is 0 Å². The second-order valence-electron chi connectivity index (χ2n) is 3.87. The van der Waals surface area contributed by atoms with E-state index in [2.05, 4.69) is 0 Å². The zero-order valence-electron chi connectivity index (χ0n) is 9.82. The third-order valence-corrected chi connectivity index (χ3v) is 2.69. The van der Waals surface area contributed by atoms with E-state index in [1.54, 1.807) is 12.1 Å². The van der Waals surface area contributed by atoms with Crippen molar-refractivity contribution in [2.45, 2.75) is 20.0 Å². The molecule has 0 heterocycles. The second kappa shape index (κ2) is 5.48. The standard InChI is InChI=1S/C15H15FO/c1-2-12-10-14(16)9-8-13(12)11-17-15-6-4-3-5-7-15/h3-10H,2,11H2,1H3. The van der Waals surface area contributed by atoms with Crippen LogP contribution in [-0.4, -0.2) is 0 Å². The van der Waals surface area contributed by atoms with Gasteiger partial charge in [0.15, 0.2) is 0 Å². The van der Waals surface area contributed by atoms with Crippen molar-refractivity contribution in [3.05, 3.63) is 65.5 Å². The van der Waals surface area contributed by atoms with Gasteiger partial charge in [-0.25, -0.2) is 4.39 Å². The summed E-state index contributed by atoms with van der Waals surface area (Å²) in [5.74, 6) is 0.643. The van der Waals surface area contributed by atoms with Crippen LogP contribution in [0.15, 0.2) is 48.5 Å². The minimum Gasteiger partial charge on any atom is -0.489 e. The molecule has 0 aliphatic heterocycles. The van der Waals surface area contributed by atoms with Gasteiger partial charge < -0.3 is 4.74 Å². The van der Waals surface area contributed by atoms with Crippen molar-refractivity contribution >= 4 is 0 Å². The molecule has 2 aromatic rings. The monoisotopic (exact) mass is 230 g/mol. The lowest BCUT2D eigenvalue weighted by Crippen LogP contribution is -2.00. The van der Waals surface area contributed by atoms with E-state index >= 15 is 0 Å². The Morgan fingerprint density at radius 2 is 1.76 bits per heavy atom. The summed E-state index contributed by atoms with van der Waals surface area (Å²) in [4.78, 5) is 0. The Morgan fingerprint density at radius 3 is 2.47 bits per heavy atom. The second-order valence-corrected chi connectivity index (χ2v) is 3.87. The van der Waals surface area contributed by atoms with Crippen molar-refractivity contribution in [2.24, 2.45) is 0 Å². The first kappa shape index (κ1) is 11.6. The van der Waals surface area contributed by atoms with Crippen molar-refractivity contribution in [1.29, 1.82) is 0 Å². The van der Waals surface area contributed by atoms with Crippen molar-refractivity contribution in [2.75, 3.05) is 0 Å². The minimum absolute atomic E-state index is 0.190. The summed E-state index contributed by atoms with van der Waals surface area (Å²) < 4.78 is 18.7. The van der Waals surface area contributed by atoms with Gasteiger partial charge in [-0.05, 0) is 41.8 Å². The molecule has 0 amide bonds. The smallest absolute Gasteiger partial charge is 0.123 e. The average Bonchev–Trinajstić information content (AvgIpc) is 2.38. The van der Waals surface area contributed by atoms with Crippen LogP contribution in [0.5, 0.6) is 5.75 Å². The molecular weight excluding hydrogens is 215 g/mol. The molecule has 2 rings (SSSR count). The third-order valence-electron chi connectivity index (χ3n) is 2.69. The van der Waals surface area contributed by atoms with Gasteiger partial charge in [-0.2, -0.15) is 0 Å². The van der Waals surface area contributed by atoms with Gasteiger partial charge in [0.05, 0.1) is 0 Å². The van der Waals surface area contributed by atoms with Crippen LogP contribution in [0.1, 0.15) is 18.1 Å². The highest BCUT2D eigenvalue weighted by Gasteiger charge is 2.03. The maximum Gasteiger partial charge on any atom is 0.123 e. The number of rotatable bonds is 4. The molecule has 0 atom stereocenters. The Hall–Kier alpha value is -1.83. The summed E-state index contributed by atoms with van der Waals surface area (Å²) in [6, 6.07) is 14.5. The normalized spacial score (nSPS) is 10.2. The Labute approximate surface area is 101 Å². The summed E-state index contributed by atoms with van der Waals surface area (Å²) in [5, 5.41) is 0. The van der Waals surface area contributed by atoms with Crippen LogP contribution in [0.4, 0.5) is 4.39 Å². The molecule has 0 aromatic heterocycles. The number of ether oxygens (including phenoxy) is 1. The summed E-state index contributed by atoms with van der Waals surface area (Å²) in [6.45, 7) is 2.49. The number of halogens is 1. The number of benzene rings is 2. The van der Waals surface area contributed by atoms with Gasteiger partial charge in [0.25, 0.3) is 0 Å². The zero-order valence-corrected chi connectivity index (χ0v) is 9.82. The molecule has 0 fully saturated rings. The van der Waals surface area contributed by atoms with Crippen LogP contribution >= 0.6 is 0 Å². The number of para-hydroxylation sites is 1. The fourth-order valence-corrected chi connectivity index (χ4v) is 1.74. The molecule has 2 heteroatoms. The molecule has 0 spiro atoms. The first-order chi connectivity index (χ1) is 8.29. The Morgan fingerprint density at radius 1 is 1.00 bits per heavy atom. The predicted molar refractivity (Wildman–Crippen MR) is 66.6 cm³/mol. The fourth-order valence-electron chi connectivity index (χ4n) is 1.74. The van der Waals surface area contributed by atoms with E-state index in [0.717, 1.165) is 23.3 Å². The van der Waals surface area contributed by atoms with E-state index in [4.69, 9.17) is 4.74 Å². The van der Waals surface area contributed by atoms with Gasteiger partial charge in [0.2, 0.25) is 0 Å². The lowest BCUT2D eigenvalue weighted by atomic mass is 10.1. The Balaban J connectivity index is 2.09. The van der Waals surface area contributed by atoms with Crippen molar-refractivity contribution < 1.29 is 9.13 Å². The molecule has 0 aliphatic carbocycles. The largest absolute Gasteiger partial charge is 0.489 e. The molecular formula is C15H15FO. The van der Waals surface area contributed by atoms with E-state index in [0.29, 0.717) is 6.61 Å². The van der Waals surface area contributed by atoms with E-state index in [1.165, 1.54) is 6.07 Å². The first-order valence-corrected chi connectivity index (χ1v) is 5.74. The summed E-state index contributed by atoms with van der Waals surface area (Å²) >= 11 is 0. The minimum atomic E-state index is -0.190. The highest BCUT2D eigenvalue weighted by atomic mass is 19.1. The lowest BCUT2D eigenvalue weighted by molar-refractivity contribution is 0.305. The molecule has 88 valence electrons. The van der Waals surface area contributed by atoms with Crippen molar-refractivity contribution in [3.8, 4) is 5.75 Å². The van der Waals surface area contributed by atoms with E-state index < -0.39 is 0 Å². The van der Waals surface area contributed by atoms with Gasteiger partial charge in [0.1, 0.15) is 18.2 Å². The maximum atomic E-state index is 13.1. The fraction of sp³-hybridized carbons (Fsp3) is 0.200. The molecule has 2 aromatic carbocycles. The average molecular weight is 230 g/mol. The van der Waals surface area contributed by atoms with Gasteiger partial charge in [-0.15, -0.1) is 0 Å². The maximum absolute atomic E-state index is 13.1. The summed E-state index contributed by atoms with van der Waals surface area (Å²) in [7, 11) is 0. The summed E-state index contributed by atoms with van der Waals surface area (Å²) in [6.07, 6.45) is 0.811. The molecule has 0 bridgehead atoms. The molecule has 0 saturated carbocycles. The van der Waals surface area contributed by atoms with Gasteiger partial charge in [-0.1, -0.05) is 31.2 Å². The molecule has 0 aliphatic rings. The van der Waals surface area contributed by atoms with Crippen molar-refractivity contribution in [1.82, 2.24) is 0 Å². The highest BCUT2D eigenvalue weighted by molar-refractivity contribution is 5.28. The number of aryl methyl sites for hydroxylation is 1. The topological polar surface area (TPSA) is 9.23 Å². The lowest BCUT2D eigenvalue weighted by Gasteiger charge is -2.10. The van der Waals surface area contributed by atoms with Crippen LogP contribution in [0.2, 0.25) is 0 Å². The van der Waals surface area contributed by atoms with Crippen LogP contribution in [-0.2, 0) is 13.0 Å². The molecule has 0 N–H and O–H groups in total. The number of hydrogen-bond acceptors (Lipinski definition) is 1.